The van der Waals surface area contributed by atoms with Gasteiger partial charge in [0.15, 0.2) is 22.8 Å². The molecule has 2 fully saturated rings. The predicted octanol–water partition coefficient (Wildman–Crippen LogP) is -0.292. The molecule has 0 radical (unpaired) electrons. The van der Waals surface area contributed by atoms with Crippen LogP contribution in [0, 0.1) is 5.92 Å². The highest BCUT2D eigenvalue weighted by molar-refractivity contribution is 7.51. The van der Waals surface area contributed by atoms with Crippen molar-refractivity contribution in [2.24, 2.45) is 5.92 Å². The number of anilines is 1. The van der Waals surface area contributed by atoms with Gasteiger partial charge in [0.05, 0.1) is 31.1 Å². The molecule has 1 aliphatic carbocycles. The SMILES string of the molecule is COC1CCN(c2nc(Cl)nc3c2ncn3[C@H]2C(=O)[C@H](COCP(=O)(O)O)[C@H](O)[C@@H]2O)CC1. The van der Waals surface area contributed by atoms with Crippen molar-refractivity contribution < 1.29 is 38.8 Å². The van der Waals surface area contributed by atoms with Gasteiger partial charge in [-0.2, -0.15) is 9.97 Å². The third-order valence-corrected chi connectivity index (χ3v) is 6.74. The summed E-state index contributed by atoms with van der Waals surface area (Å²) < 4.78 is 22.6. The van der Waals surface area contributed by atoms with E-state index in [0.29, 0.717) is 24.4 Å². The zero-order valence-corrected chi connectivity index (χ0v) is 19.3. The minimum atomic E-state index is -4.44. The largest absolute Gasteiger partial charge is 0.389 e. The topological polar surface area (TPSA) is 180 Å². The van der Waals surface area contributed by atoms with Crippen molar-refractivity contribution >= 4 is 42.0 Å². The number of fused-ring (bicyclic) bond motifs is 1. The van der Waals surface area contributed by atoms with E-state index >= 15 is 0 Å². The maximum absolute atomic E-state index is 13.0. The molecule has 3 heterocycles. The first-order valence-electron chi connectivity index (χ1n) is 10.3. The molecule has 1 saturated carbocycles. The Morgan fingerprint density at radius 3 is 2.55 bits per heavy atom. The predicted molar refractivity (Wildman–Crippen MR) is 115 cm³/mol. The number of rotatable bonds is 7. The molecule has 1 saturated heterocycles. The summed E-state index contributed by atoms with van der Waals surface area (Å²) in [7, 11) is -2.77. The number of Topliss-reactive ketones (excluding diaryl/α,β-unsaturated/α-hetero) is 1. The van der Waals surface area contributed by atoms with E-state index in [4.69, 9.17) is 30.9 Å². The molecule has 0 amide bonds. The van der Waals surface area contributed by atoms with Crippen LogP contribution in [0.25, 0.3) is 11.2 Å². The quantitative estimate of drug-likeness (QED) is 0.285. The van der Waals surface area contributed by atoms with Crippen LogP contribution in [-0.2, 0) is 18.8 Å². The molecule has 4 N–H and O–H groups in total. The molecule has 2 aliphatic rings. The Morgan fingerprint density at radius 2 is 1.91 bits per heavy atom. The molecule has 4 atom stereocenters. The average molecular weight is 506 g/mol. The molecule has 182 valence electrons. The van der Waals surface area contributed by atoms with E-state index in [1.807, 2.05) is 4.90 Å². The Kier molecular flexibility index (Phi) is 7.04. The second-order valence-corrected chi connectivity index (χ2v) is 10.1. The standard InChI is InChI=1S/C18H25ClN5O8P/c1-31-9-2-4-23(5-3-9)16-11-17(22-18(19)21-16)24(7-20-11)12-13(25)10(14(26)15(12)27)6-32-8-33(28,29)30/h7,9-10,12,14-15,26-27H,2-6,8H2,1H3,(H2,28,29,30)/t10-,12-,14-,15+/m0/s1. The van der Waals surface area contributed by atoms with E-state index in [9.17, 15) is 19.6 Å². The van der Waals surface area contributed by atoms with Crippen LogP contribution in [0.3, 0.4) is 0 Å². The summed E-state index contributed by atoms with van der Waals surface area (Å²) in [5, 5.41) is 20.9. The van der Waals surface area contributed by atoms with Gasteiger partial charge in [0.2, 0.25) is 5.28 Å². The number of carbonyl (C=O) groups excluding carboxylic acids is 1. The van der Waals surface area contributed by atoms with Gasteiger partial charge in [0.1, 0.15) is 18.5 Å². The van der Waals surface area contributed by atoms with Crippen LogP contribution in [0.15, 0.2) is 6.33 Å². The number of aliphatic hydroxyl groups is 2. The Balaban J connectivity index is 1.61. The molecule has 15 heteroatoms. The van der Waals surface area contributed by atoms with E-state index in [0.717, 1.165) is 12.8 Å². The second-order valence-electron chi connectivity index (χ2n) is 8.16. The van der Waals surface area contributed by atoms with Crippen LogP contribution in [0.5, 0.6) is 0 Å². The number of nitrogens with zero attached hydrogens (tertiary/aromatic N) is 5. The fraction of sp³-hybridized carbons (Fsp3) is 0.667. The van der Waals surface area contributed by atoms with Gasteiger partial charge in [-0.15, -0.1) is 0 Å². The lowest BCUT2D eigenvalue weighted by Gasteiger charge is -2.32. The Morgan fingerprint density at radius 1 is 1.21 bits per heavy atom. The number of hydrogen-bond acceptors (Lipinski definition) is 10. The number of aromatic nitrogens is 4. The highest BCUT2D eigenvalue weighted by Crippen LogP contribution is 2.38. The molecule has 0 unspecified atom stereocenters. The summed E-state index contributed by atoms with van der Waals surface area (Å²) in [5.41, 5.74) is 0.617. The highest BCUT2D eigenvalue weighted by atomic mass is 35.5. The molecule has 33 heavy (non-hydrogen) atoms. The lowest BCUT2D eigenvalue weighted by molar-refractivity contribution is -0.126. The van der Waals surface area contributed by atoms with E-state index in [1.54, 1.807) is 7.11 Å². The smallest absolute Gasteiger partial charge is 0.350 e. The summed E-state index contributed by atoms with van der Waals surface area (Å²) in [5.74, 6) is -1.25. The summed E-state index contributed by atoms with van der Waals surface area (Å²) in [6.45, 7) is 0.869. The van der Waals surface area contributed by atoms with Gasteiger partial charge in [0, 0.05) is 20.2 Å². The van der Waals surface area contributed by atoms with E-state index in [2.05, 4.69) is 15.0 Å². The van der Waals surface area contributed by atoms with Crippen molar-refractivity contribution in [1.82, 2.24) is 19.5 Å². The first kappa shape index (κ1) is 24.4. The normalized spacial score (nSPS) is 27.1. The molecule has 0 spiro atoms. The second kappa shape index (κ2) is 9.51. The lowest BCUT2D eigenvalue weighted by Crippen LogP contribution is -2.37. The minimum Gasteiger partial charge on any atom is -0.389 e. The molecule has 2 aromatic rings. The summed E-state index contributed by atoms with van der Waals surface area (Å²) in [6, 6.07) is -1.23. The zero-order chi connectivity index (χ0) is 23.9. The van der Waals surface area contributed by atoms with Crippen molar-refractivity contribution in [3.63, 3.8) is 0 Å². The van der Waals surface area contributed by atoms with Gasteiger partial charge < -0.3 is 38.9 Å². The third-order valence-electron chi connectivity index (χ3n) is 6.05. The number of ether oxygens (including phenoxy) is 2. The molecule has 0 aromatic carbocycles. The molecule has 0 bridgehead atoms. The number of piperidine rings is 1. The first-order valence-corrected chi connectivity index (χ1v) is 12.5. The Bertz CT molecular complexity index is 1070. The van der Waals surface area contributed by atoms with E-state index in [-0.39, 0.29) is 17.0 Å². The highest BCUT2D eigenvalue weighted by Gasteiger charge is 2.50. The number of carbonyl (C=O) groups is 1. The molecule has 1 aliphatic heterocycles. The fourth-order valence-electron chi connectivity index (χ4n) is 4.36. The van der Waals surface area contributed by atoms with Crippen molar-refractivity contribution in [3.8, 4) is 0 Å². The first-order chi connectivity index (χ1) is 15.6. The van der Waals surface area contributed by atoms with Crippen LogP contribution in [0.2, 0.25) is 5.28 Å². The Labute approximate surface area is 193 Å². The summed E-state index contributed by atoms with van der Waals surface area (Å²) in [4.78, 5) is 45.8. The monoisotopic (exact) mass is 505 g/mol. The van der Waals surface area contributed by atoms with Crippen molar-refractivity contribution in [3.05, 3.63) is 11.6 Å². The van der Waals surface area contributed by atoms with Gasteiger partial charge in [-0.05, 0) is 24.4 Å². The van der Waals surface area contributed by atoms with Gasteiger partial charge in [-0.3, -0.25) is 9.36 Å². The van der Waals surface area contributed by atoms with Crippen LogP contribution in [-0.4, -0.2) is 96.8 Å². The Hall–Kier alpha value is -1.70. The van der Waals surface area contributed by atoms with Gasteiger partial charge in [0.25, 0.3) is 0 Å². The van der Waals surface area contributed by atoms with Crippen molar-refractivity contribution in [1.29, 1.82) is 0 Å². The van der Waals surface area contributed by atoms with Gasteiger partial charge >= 0.3 is 7.60 Å². The van der Waals surface area contributed by atoms with Crippen LogP contribution in [0.4, 0.5) is 5.82 Å². The number of hydrogen-bond donors (Lipinski definition) is 4. The molecule has 2 aromatic heterocycles. The molecular weight excluding hydrogens is 481 g/mol. The van der Waals surface area contributed by atoms with E-state index < -0.39 is 50.5 Å². The molecule has 13 nitrogen and oxygen atoms in total. The minimum absolute atomic E-state index is 0.0601. The molecule has 4 rings (SSSR count). The number of ketones is 1. The number of halogens is 1. The summed E-state index contributed by atoms with van der Waals surface area (Å²) in [6.07, 6.45) is -0.827. The molecular formula is C18H25ClN5O8P. The summed E-state index contributed by atoms with van der Waals surface area (Å²) >= 11 is 6.17. The number of methoxy groups -OCH3 is 1. The maximum Gasteiger partial charge on any atom is 0.350 e. The van der Waals surface area contributed by atoms with Gasteiger partial charge in [-0.1, -0.05) is 0 Å². The number of aliphatic hydroxyl groups excluding tert-OH is 2. The van der Waals surface area contributed by atoms with Crippen molar-refractivity contribution in [2.45, 2.75) is 37.2 Å². The van der Waals surface area contributed by atoms with Crippen LogP contribution < -0.4 is 4.90 Å². The number of imidazole rings is 1. The van der Waals surface area contributed by atoms with Gasteiger partial charge in [-0.25, -0.2) is 4.98 Å². The van der Waals surface area contributed by atoms with Crippen LogP contribution >= 0.6 is 19.2 Å². The van der Waals surface area contributed by atoms with Crippen molar-refractivity contribution in [2.75, 3.05) is 38.1 Å². The maximum atomic E-state index is 13.0. The van der Waals surface area contributed by atoms with E-state index in [1.165, 1.54) is 10.9 Å². The zero-order valence-electron chi connectivity index (χ0n) is 17.7. The fourth-order valence-corrected chi connectivity index (χ4v) is 4.87. The lowest BCUT2D eigenvalue weighted by atomic mass is 10.1. The van der Waals surface area contributed by atoms with Crippen LogP contribution in [0.1, 0.15) is 18.9 Å². The third kappa shape index (κ3) is 4.91. The average Bonchev–Trinajstić information content (AvgIpc) is 3.26.